The third-order valence-electron chi connectivity index (χ3n) is 13.5. The molecule has 1 aliphatic carbocycles. The molecule has 13 rings (SSSR count). The van der Waals surface area contributed by atoms with Crippen LogP contribution in [-0.2, 0) is 5.41 Å². The summed E-state index contributed by atoms with van der Waals surface area (Å²) in [5.74, 6) is 4.52. The van der Waals surface area contributed by atoms with E-state index in [-0.39, 0.29) is 0 Å². The van der Waals surface area contributed by atoms with E-state index in [0.717, 1.165) is 61.2 Å². The molecule has 0 amide bonds. The van der Waals surface area contributed by atoms with Gasteiger partial charge in [-0.2, -0.15) is 0 Å². The van der Waals surface area contributed by atoms with E-state index in [1.807, 2.05) is 18.2 Å². The van der Waals surface area contributed by atoms with Crippen LogP contribution in [-0.4, -0.2) is 15.0 Å². The summed E-state index contributed by atoms with van der Waals surface area (Å²) in [6.07, 6.45) is 0. The first-order valence-corrected chi connectivity index (χ1v) is 23.2. The monoisotopic (exact) mass is 883 g/mol. The maximum absolute atomic E-state index is 6.85. The Bertz CT molecular complexity index is 3530. The van der Waals surface area contributed by atoms with Gasteiger partial charge in [0, 0.05) is 16.7 Å². The number of fused-ring (bicyclic) bond motifs is 5. The first kappa shape index (κ1) is 40.1. The van der Waals surface area contributed by atoms with E-state index in [2.05, 4.69) is 231 Å². The standard InChI is InChI=1S/C64H41N3O2/c1-5-15-42(16-6-1)44-25-31-47(32-26-44)61-65-62(48-33-27-45(28-34-48)43-17-7-2-8-18-43)67-63(66-61)49-35-29-46(30-36-49)50-37-38-57-58(39-50)69-60-41-56-54(40-59(60)68-57)53-23-13-14-24-55(53)64(56,51-19-9-3-10-20-51)52-21-11-4-12-22-52/h1-41H. The predicted octanol–water partition coefficient (Wildman–Crippen LogP) is 16.1. The summed E-state index contributed by atoms with van der Waals surface area (Å²) >= 11 is 0. The normalized spacial score (nSPS) is 12.7. The molecule has 69 heavy (non-hydrogen) atoms. The number of hydrogen-bond donors (Lipinski definition) is 0. The van der Waals surface area contributed by atoms with Gasteiger partial charge < -0.3 is 9.47 Å². The molecule has 0 saturated carbocycles. The molecule has 2 heterocycles. The van der Waals surface area contributed by atoms with Crippen molar-refractivity contribution in [3.05, 3.63) is 271 Å². The molecule has 0 spiro atoms. The van der Waals surface area contributed by atoms with Crippen LogP contribution in [0, 0.1) is 0 Å². The van der Waals surface area contributed by atoms with Crippen molar-refractivity contribution < 1.29 is 9.47 Å². The highest BCUT2D eigenvalue weighted by Crippen LogP contribution is 2.60. The molecule has 0 radical (unpaired) electrons. The molecular formula is C64H41N3O2. The number of hydrogen-bond acceptors (Lipinski definition) is 5. The first-order valence-electron chi connectivity index (χ1n) is 23.2. The molecule has 1 aromatic heterocycles. The zero-order valence-electron chi connectivity index (χ0n) is 37.3. The van der Waals surface area contributed by atoms with Crippen LogP contribution in [0.1, 0.15) is 22.3 Å². The van der Waals surface area contributed by atoms with Crippen LogP contribution in [0.4, 0.5) is 0 Å². The fourth-order valence-corrected chi connectivity index (χ4v) is 10.2. The van der Waals surface area contributed by atoms with Crippen molar-refractivity contribution in [2.75, 3.05) is 0 Å². The summed E-state index contributed by atoms with van der Waals surface area (Å²) in [5.41, 5.74) is 15.9. The fourth-order valence-electron chi connectivity index (χ4n) is 10.2. The molecule has 0 N–H and O–H groups in total. The van der Waals surface area contributed by atoms with Gasteiger partial charge in [-0.05, 0) is 91.0 Å². The quantitative estimate of drug-likeness (QED) is 0.152. The van der Waals surface area contributed by atoms with E-state index < -0.39 is 5.41 Å². The van der Waals surface area contributed by atoms with Crippen molar-refractivity contribution in [1.82, 2.24) is 15.0 Å². The molecule has 5 heteroatoms. The highest BCUT2D eigenvalue weighted by Gasteiger charge is 2.47. The van der Waals surface area contributed by atoms with Crippen LogP contribution >= 0.6 is 0 Å². The number of benzene rings is 10. The number of aromatic nitrogens is 3. The minimum absolute atomic E-state index is 0.545. The molecule has 0 unspecified atom stereocenters. The molecule has 11 aromatic rings. The molecule has 1 aliphatic heterocycles. The molecule has 5 nitrogen and oxygen atoms in total. The Kier molecular flexibility index (Phi) is 9.65. The lowest BCUT2D eigenvalue weighted by molar-refractivity contribution is 0.359. The van der Waals surface area contributed by atoms with Gasteiger partial charge in [0.05, 0.1) is 5.41 Å². The SMILES string of the molecule is c1ccc(-c2ccc(-c3nc(-c4ccc(-c5ccccc5)cc4)nc(-c4ccc(-c5ccc6c(c5)Oc5cc7c(cc5O6)-c5ccccc5C7(c5ccccc5)c5ccccc5)cc4)n3)cc2)cc1. The maximum Gasteiger partial charge on any atom is 0.170 e. The topological polar surface area (TPSA) is 57.1 Å². The van der Waals surface area contributed by atoms with Crippen molar-refractivity contribution in [1.29, 1.82) is 0 Å². The Hall–Kier alpha value is -9.19. The van der Waals surface area contributed by atoms with Gasteiger partial charge in [-0.25, -0.2) is 15.0 Å². The van der Waals surface area contributed by atoms with Gasteiger partial charge in [-0.3, -0.25) is 0 Å². The second-order valence-electron chi connectivity index (χ2n) is 17.5. The highest BCUT2D eigenvalue weighted by atomic mass is 16.6. The largest absolute Gasteiger partial charge is 0.449 e. The van der Waals surface area contributed by atoms with Gasteiger partial charge in [0.1, 0.15) is 0 Å². The molecule has 0 saturated heterocycles. The van der Waals surface area contributed by atoms with E-state index >= 15 is 0 Å². The first-order chi connectivity index (χ1) is 34.2. The lowest BCUT2D eigenvalue weighted by atomic mass is 9.67. The lowest BCUT2D eigenvalue weighted by Gasteiger charge is -2.34. The minimum Gasteiger partial charge on any atom is -0.449 e. The van der Waals surface area contributed by atoms with Gasteiger partial charge in [0.2, 0.25) is 0 Å². The van der Waals surface area contributed by atoms with Gasteiger partial charge >= 0.3 is 0 Å². The van der Waals surface area contributed by atoms with Crippen molar-refractivity contribution in [2.24, 2.45) is 0 Å². The second kappa shape index (κ2) is 16.6. The van der Waals surface area contributed by atoms with E-state index in [1.165, 1.54) is 22.3 Å². The van der Waals surface area contributed by atoms with Crippen LogP contribution < -0.4 is 9.47 Å². The average molecular weight is 884 g/mol. The Morgan fingerprint density at radius 2 is 0.609 bits per heavy atom. The summed E-state index contributed by atoms with van der Waals surface area (Å²) < 4.78 is 13.5. The summed E-state index contributed by atoms with van der Waals surface area (Å²) in [6, 6.07) is 86.8. The van der Waals surface area contributed by atoms with E-state index in [9.17, 15) is 0 Å². The average Bonchev–Trinajstić information content (AvgIpc) is 3.72. The Morgan fingerprint density at radius 1 is 0.246 bits per heavy atom. The molecule has 0 fully saturated rings. The molecule has 324 valence electrons. The number of rotatable bonds is 8. The van der Waals surface area contributed by atoms with E-state index in [1.54, 1.807) is 0 Å². The number of nitrogens with zero attached hydrogens (tertiary/aromatic N) is 3. The van der Waals surface area contributed by atoms with Crippen molar-refractivity contribution >= 4 is 0 Å². The summed E-state index contributed by atoms with van der Waals surface area (Å²) in [7, 11) is 0. The van der Waals surface area contributed by atoms with Crippen LogP contribution in [0.25, 0.3) is 78.7 Å². The molecule has 0 bridgehead atoms. The zero-order chi connectivity index (χ0) is 45.7. The van der Waals surface area contributed by atoms with Crippen LogP contribution in [0.2, 0.25) is 0 Å². The summed E-state index contributed by atoms with van der Waals surface area (Å²) in [4.78, 5) is 15.2. The fraction of sp³-hybridized carbons (Fsp3) is 0.0156. The van der Waals surface area contributed by atoms with Crippen molar-refractivity contribution in [3.8, 4) is 102 Å². The smallest absolute Gasteiger partial charge is 0.170 e. The molecule has 10 aromatic carbocycles. The van der Waals surface area contributed by atoms with Crippen LogP contribution in [0.3, 0.4) is 0 Å². The highest BCUT2D eigenvalue weighted by molar-refractivity contribution is 5.88. The third-order valence-corrected chi connectivity index (χ3v) is 13.5. The van der Waals surface area contributed by atoms with E-state index in [0.29, 0.717) is 40.5 Å². The van der Waals surface area contributed by atoms with Gasteiger partial charge in [-0.15, -0.1) is 0 Å². The maximum atomic E-state index is 6.85. The van der Waals surface area contributed by atoms with Crippen LogP contribution in [0.15, 0.2) is 249 Å². The summed E-state index contributed by atoms with van der Waals surface area (Å²) in [6.45, 7) is 0. The Balaban J connectivity index is 0.840. The van der Waals surface area contributed by atoms with Gasteiger partial charge in [-0.1, -0.05) is 224 Å². The summed E-state index contributed by atoms with van der Waals surface area (Å²) in [5, 5.41) is 0. The molecule has 0 atom stereocenters. The van der Waals surface area contributed by atoms with E-state index in [4.69, 9.17) is 24.4 Å². The van der Waals surface area contributed by atoms with Crippen molar-refractivity contribution in [3.63, 3.8) is 0 Å². The van der Waals surface area contributed by atoms with Crippen molar-refractivity contribution in [2.45, 2.75) is 5.41 Å². The van der Waals surface area contributed by atoms with Crippen LogP contribution in [0.5, 0.6) is 23.0 Å². The predicted molar refractivity (Wildman–Crippen MR) is 276 cm³/mol. The number of ether oxygens (including phenoxy) is 2. The Labute approximate surface area is 400 Å². The second-order valence-corrected chi connectivity index (χ2v) is 17.5. The molecular weight excluding hydrogens is 843 g/mol. The van der Waals surface area contributed by atoms with Gasteiger partial charge in [0.15, 0.2) is 40.5 Å². The minimum atomic E-state index is -0.545. The Morgan fingerprint density at radius 3 is 1.12 bits per heavy atom. The third kappa shape index (κ3) is 6.99. The zero-order valence-corrected chi connectivity index (χ0v) is 37.3. The van der Waals surface area contributed by atoms with Gasteiger partial charge in [0.25, 0.3) is 0 Å². The molecule has 2 aliphatic rings. The lowest BCUT2D eigenvalue weighted by Crippen LogP contribution is -2.28.